The van der Waals surface area contributed by atoms with E-state index in [4.69, 9.17) is 4.74 Å². The fraction of sp³-hybridized carbons (Fsp3) is 0.0667. The summed E-state index contributed by atoms with van der Waals surface area (Å²) in [7, 11) is 0. The zero-order valence-electron chi connectivity index (χ0n) is 10.6. The molecule has 0 N–H and O–H groups in total. The van der Waals surface area contributed by atoms with E-state index in [1.54, 1.807) is 18.2 Å². The van der Waals surface area contributed by atoms with Gasteiger partial charge in [-0.05, 0) is 48.2 Å². The zero-order valence-corrected chi connectivity index (χ0v) is 11.4. The number of halogens is 1. The molecule has 0 fully saturated rings. The Morgan fingerprint density at radius 3 is 2.90 bits per heavy atom. The molecule has 5 heteroatoms. The zero-order chi connectivity index (χ0) is 14.1. The Kier molecular flexibility index (Phi) is 3.20. The first-order valence-corrected chi connectivity index (χ1v) is 6.84. The van der Waals surface area contributed by atoms with Crippen molar-refractivity contribution < 1.29 is 13.9 Å². The van der Waals surface area contributed by atoms with Gasteiger partial charge in [0, 0.05) is 10.4 Å². The van der Waals surface area contributed by atoms with Gasteiger partial charge in [0.15, 0.2) is 5.70 Å². The third kappa shape index (κ3) is 2.40. The fourth-order valence-corrected chi connectivity index (χ4v) is 2.66. The number of benzene rings is 1. The molecule has 2 aromatic rings. The molecule has 0 radical (unpaired) electrons. The molecule has 2 heterocycles. The third-order valence-corrected chi connectivity index (χ3v) is 3.83. The molecule has 0 saturated heterocycles. The van der Waals surface area contributed by atoms with Gasteiger partial charge < -0.3 is 4.74 Å². The molecular formula is C15H10FNO2S. The van der Waals surface area contributed by atoms with Gasteiger partial charge in [0.2, 0.25) is 5.90 Å². The first-order chi connectivity index (χ1) is 9.63. The second-order valence-electron chi connectivity index (χ2n) is 4.31. The molecule has 100 valence electrons. The summed E-state index contributed by atoms with van der Waals surface area (Å²) in [5, 5.41) is 1.94. The van der Waals surface area contributed by atoms with Crippen molar-refractivity contribution in [2.75, 3.05) is 0 Å². The van der Waals surface area contributed by atoms with E-state index in [0.29, 0.717) is 5.56 Å². The van der Waals surface area contributed by atoms with Crippen LogP contribution in [0.5, 0.6) is 0 Å². The summed E-state index contributed by atoms with van der Waals surface area (Å²) >= 11 is 1.52. The first kappa shape index (κ1) is 12.7. The average molecular weight is 287 g/mol. The van der Waals surface area contributed by atoms with Crippen LogP contribution in [0.2, 0.25) is 0 Å². The number of hydrogen-bond donors (Lipinski definition) is 0. The number of nitrogens with zero attached hydrogens (tertiary/aromatic N) is 1. The number of rotatable bonds is 2. The minimum atomic E-state index is -0.517. The van der Waals surface area contributed by atoms with E-state index < -0.39 is 11.8 Å². The van der Waals surface area contributed by atoms with Crippen LogP contribution in [0.15, 0.2) is 46.4 Å². The van der Waals surface area contributed by atoms with Gasteiger partial charge in [-0.15, -0.1) is 11.3 Å². The van der Waals surface area contributed by atoms with E-state index in [1.807, 2.05) is 18.4 Å². The van der Waals surface area contributed by atoms with Crippen molar-refractivity contribution in [1.29, 1.82) is 0 Å². The summed E-state index contributed by atoms with van der Waals surface area (Å²) in [5.41, 5.74) is 1.75. The SMILES string of the molecule is Cc1ccsc1/C=C1\N=C(c2cccc(F)c2)OC1=O. The summed E-state index contributed by atoms with van der Waals surface area (Å²) in [6.07, 6.45) is 1.69. The standard InChI is InChI=1S/C15H10FNO2S/c1-9-5-6-20-13(9)8-12-15(18)19-14(17-12)10-3-2-4-11(16)7-10/h2-8H,1H3/b12-8-. The highest BCUT2D eigenvalue weighted by atomic mass is 32.1. The molecule has 0 unspecified atom stereocenters. The summed E-state index contributed by atoms with van der Waals surface area (Å²) < 4.78 is 18.2. The highest BCUT2D eigenvalue weighted by molar-refractivity contribution is 7.11. The lowest BCUT2D eigenvalue weighted by atomic mass is 10.2. The van der Waals surface area contributed by atoms with Crippen LogP contribution in [-0.2, 0) is 9.53 Å². The maximum Gasteiger partial charge on any atom is 0.363 e. The third-order valence-electron chi connectivity index (χ3n) is 2.86. The van der Waals surface area contributed by atoms with Gasteiger partial charge >= 0.3 is 5.97 Å². The summed E-state index contributed by atoms with van der Waals surface area (Å²) in [5.74, 6) is -0.778. The smallest absolute Gasteiger partial charge is 0.363 e. The van der Waals surface area contributed by atoms with E-state index in [9.17, 15) is 9.18 Å². The average Bonchev–Trinajstić information content (AvgIpc) is 2.98. The molecule has 0 saturated carbocycles. The monoisotopic (exact) mass is 287 g/mol. The van der Waals surface area contributed by atoms with E-state index in [2.05, 4.69) is 4.99 Å². The Morgan fingerprint density at radius 1 is 1.35 bits per heavy atom. The molecule has 20 heavy (non-hydrogen) atoms. The first-order valence-electron chi connectivity index (χ1n) is 5.96. The molecule has 0 aliphatic carbocycles. The normalized spacial score (nSPS) is 16.4. The molecule has 1 aliphatic heterocycles. The Bertz CT molecular complexity index is 746. The van der Waals surface area contributed by atoms with Crippen LogP contribution in [-0.4, -0.2) is 11.9 Å². The van der Waals surface area contributed by atoms with E-state index in [-0.39, 0.29) is 11.6 Å². The fourth-order valence-electron chi connectivity index (χ4n) is 1.81. The number of hydrogen-bond acceptors (Lipinski definition) is 4. The second kappa shape index (κ2) is 5.02. The molecule has 1 aliphatic rings. The molecule has 1 aromatic carbocycles. The van der Waals surface area contributed by atoms with E-state index in [0.717, 1.165) is 10.4 Å². The quantitative estimate of drug-likeness (QED) is 0.626. The van der Waals surface area contributed by atoms with Crippen molar-refractivity contribution in [3.05, 3.63) is 63.2 Å². The van der Waals surface area contributed by atoms with Crippen LogP contribution >= 0.6 is 11.3 Å². The van der Waals surface area contributed by atoms with Crippen LogP contribution in [0.4, 0.5) is 4.39 Å². The molecule has 0 spiro atoms. The summed E-state index contributed by atoms with van der Waals surface area (Å²) in [6, 6.07) is 7.77. The number of aliphatic imine (C=N–C) groups is 1. The molecule has 0 bridgehead atoms. The Hall–Kier alpha value is -2.27. The van der Waals surface area contributed by atoms with Gasteiger partial charge in [-0.2, -0.15) is 0 Å². The van der Waals surface area contributed by atoms with Crippen LogP contribution in [0.1, 0.15) is 16.0 Å². The van der Waals surface area contributed by atoms with Gasteiger partial charge in [0.05, 0.1) is 0 Å². The largest absolute Gasteiger partial charge is 0.402 e. The molecule has 0 amide bonds. The number of esters is 1. The topological polar surface area (TPSA) is 38.7 Å². The van der Waals surface area contributed by atoms with Crippen molar-refractivity contribution in [3.8, 4) is 0 Å². The van der Waals surface area contributed by atoms with Crippen LogP contribution in [0.25, 0.3) is 6.08 Å². The Balaban J connectivity index is 1.97. The van der Waals surface area contributed by atoms with Crippen molar-refractivity contribution >= 4 is 29.3 Å². The molecule has 3 rings (SSSR count). The summed E-state index contributed by atoms with van der Waals surface area (Å²) in [4.78, 5) is 16.9. The van der Waals surface area contributed by atoms with E-state index in [1.165, 1.54) is 23.5 Å². The van der Waals surface area contributed by atoms with Crippen molar-refractivity contribution in [3.63, 3.8) is 0 Å². The number of thiophene rings is 1. The van der Waals surface area contributed by atoms with Crippen molar-refractivity contribution in [1.82, 2.24) is 0 Å². The molecule has 3 nitrogen and oxygen atoms in total. The number of aryl methyl sites for hydroxylation is 1. The summed E-state index contributed by atoms with van der Waals surface area (Å²) in [6.45, 7) is 1.96. The van der Waals surface area contributed by atoms with E-state index >= 15 is 0 Å². The maximum atomic E-state index is 13.2. The number of ether oxygens (including phenoxy) is 1. The van der Waals surface area contributed by atoms with Gasteiger partial charge in [0.1, 0.15) is 5.82 Å². The molecular weight excluding hydrogens is 277 g/mol. The second-order valence-corrected chi connectivity index (χ2v) is 5.26. The maximum absolute atomic E-state index is 13.2. The predicted octanol–water partition coefficient (Wildman–Crippen LogP) is 3.54. The van der Waals surface area contributed by atoms with Gasteiger partial charge in [-0.25, -0.2) is 14.2 Å². The van der Waals surface area contributed by atoms with Gasteiger partial charge in [0.25, 0.3) is 0 Å². The number of carbonyl (C=O) groups is 1. The Morgan fingerprint density at radius 2 is 2.20 bits per heavy atom. The highest BCUT2D eigenvalue weighted by Gasteiger charge is 2.24. The molecule has 1 aromatic heterocycles. The number of carbonyl (C=O) groups excluding carboxylic acids is 1. The van der Waals surface area contributed by atoms with Crippen molar-refractivity contribution in [2.24, 2.45) is 4.99 Å². The lowest BCUT2D eigenvalue weighted by molar-refractivity contribution is -0.129. The lowest BCUT2D eigenvalue weighted by Crippen LogP contribution is -2.05. The van der Waals surface area contributed by atoms with Gasteiger partial charge in [-0.3, -0.25) is 0 Å². The Labute approximate surface area is 119 Å². The minimum Gasteiger partial charge on any atom is -0.402 e. The van der Waals surface area contributed by atoms with Gasteiger partial charge in [-0.1, -0.05) is 6.07 Å². The lowest BCUT2D eigenvalue weighted by Gasteiger charge is -1.98. The minimum absolute atomic E-state index is 0.134. The van der Waals surface area contributed by atoms with Crippen LogP contribution < -0.4 is 0 Å². The van der Waals surface area contributed by atoms with Crippen LogP contribution in [0.3, 0.4) is 0 Å². The molecule has 0 atom stereocenters. The van der Waals surface area contributed by atoms with Crippen molar-refractivity contribution in [2.45, 2.75) is 6.92 Å². The number of cyclic esters (lactones) is 1. The highest BCUT2D eigenvalue weighted by Crippen LogP contribution is 2.23. The van der Waals surface area contributed by atoms with Crippen LogP contribution in [0, 0.1) is 12.7 Å². The predicted molar refractivity (Wildman–Crippen MR) is 76.1 cm³/mol.